The van der Waals surface area contributed by atoms with Crippen LogP contribution in [-0.4, -0.2) is 34.9 Å². The van der Waals surface area contributed by atoms with Gasteiger partial charge in [0.05, 0.1) is 0 Å². The first-order valence-corrected chi connectivity index (χ1v) is 9.74. The fourth-order valence-electron chi connectivity index (χ4n) is 3.69. The van der Waals surface area contributed by atoms with Crippen LogP contribution in [-0.2, 0) is 4.79 Å². The average Bonchev–Trinajstić information content (AvgIpc) is 2.74. The molecule has 0 aliphatic carbocycles. The molecule has 4 rings (SSSR count). The summed E-state index contributed by atoms with van der Waals surface area (Å²) in [4.78, 5) is 50.4. The quantitative estimate of drug-likeness (QED) is 0.500. The van der Waals surface area contributed by atoms with Crippen LogP contribution in [0.5, 0.6) is 0 Å². The van der Waals surface area contributed by atoms with E-state index >= 15 is 0 Å². The number of benzene rings is 3. The molecule has 1 aliphatic rings. The zero-order chi connectivity index (χ0) is 21.3. The van der Waals surface area contributed by atoms with Crippen LogP contribution in [0.4, 0.5) is 5.69 Å². The van der Waals surface area contributed by atoms with Gasteiger partial charge < -0.3 is 5.32 Å². The van der Waals surface area contributed by atoms with Crippen LogP contribution in [0.1, 0.15) is 50.8 Å². The summed E-state index contributed by atoms with van der Waals surface area (Å²) in [6, 6.07) is 17.5. The Kier molecular flexibility index (Phi) is 5.14. The number of nitrogens with one attached hydrogen (secondary N) is 1. The molecule has 0 fully saturated rings. The number of Topliss-reactive ketones (excluding diaryl/α,β-unsaturated/α-hetero) is 1. The molecule has 30 heavy (non-hydrogen) atoms. The first-order chi connectivity index (χ1) is 14.5. The third-order valence-corrected chi connectivity index (χ3v) is 5.22. The molecule has 6 nitrogen and oxygen atoms in total. The third-order valence-electron chi connectivity index (χ3n) is 5.22. The number of rotatable bonds is 6. The Morgan fingerprint density at radius 2 is 1.47 bits per heavy atom. The van der Waals surface area contributed by atoms with E-state index in [0.717, 1.165) is 5.39 Å². The predicted octanol–water partition coefficient (Wildman–Crippen LogP) is 4.06. The first kappa shape index (κ1) is 19.5. The normalized spacial score (nSPS) is 12.9. The van der Waals surface area contributed by atoms with Gasteiger partial charge in [-0.15, -0.1) is 0 Å². The number of carbonyl (C=O) groups is 4. The minimum atomic E-state index is -0.329. The lowest BCUT2D eigenvalue weighted by Crippen LogP contribution is -2.41. The minimum absolute atomic E-state index is 0.0407. The number of carbonyl (C=O) groups excluding carboxylic acids is 4. The van der Waals surface area contributed by atoms with Gasteiger partial charge in [-0.3, -0.25) is 24.1 Å². The van der Waals surface area contributed by atoms with Gasteiger partial charge in [0, 0.05) is 40.7 Å². The number of imide groups is 1. The SMILES string of the molecule is CC(=O)c1ccc(NC(=O)CCCN2C(=O)c3cccc4cccc(c34)C2=O)cc1. The molecule has 0 unspecified atom stereocenters. The Morgan fingerprint density at radius 1 is 0.867 bits per heavy atom. The van der Waals surface area contributed by atoms with Crippen LogP contribution in [0.25, 0.3) is 10.8 Å². The topological polar surface area (TPSA) is 83.6 Å². The largest absolute Gasteiger partial charge is 0.326 e. The van der Waals surface area contributed by atoms with E-state index in [0.29, 0.717) is 34.2 Å². The molecule has 6 heteroatoms. The van der Waals surface area contributed by atoms with Gasteiger partial charge >= 0.3 is 0 Å². The summed E-state index contributed by atoms with van der Waals surface area (Å²) >= 11 is 0. The second-order valence-corrected chi connectivity index (χ2v) is 7.26. The zero-order valence-corrected chi connectivity index (χ0v) is 16.5. The monoisotopic (exact) mass is 400 g/mol. The minimum Gasteiger partial charge on any atom is -0.326 e. The van der Waals surface area contributed by atoms with Crippen molar-refractivity contribution in [1.29, 1.82) is 0 Å². The van der Waals surface area contributed by atoms with Gasteiger partial charge in [-0.2, -0.15) is 0 Å². The van der Waals surface area contributed by atoms with E-state index in [1.165, 1.54) is 11.8 Å². The standard InChI is InChI=1S/C24H20N2O4/c1-15(27)16-10-12-18(13-11-16)25-21(28)9-4-14-26-23(29)19-7-2-5-17-6-3-8-20(22(17)19)24(26)30/h2-3,5-8,10-13H,4,9,14H2,1H3,(H,25,28). The highest BCUT2D eigenvalue weighted by atomic mass is 16.2. The van der Waals surface area contributed by atoms with E-state index in [1.807, 2.05) is 12.1 Å². The predicted molar refractivity (Wildman–Crippen MR) is 114 cm³/mol. The summed E-state index contributed by atoms with van der Waals surface area (Å²) in [5, 5.41) is 4.32. The number of anilines is 1. The Labute approximate surface area is 173 Å². The Hall–Kier alpha value is -3.80. The van der Waals surface area contributed by atoms with Gasteiger partial charge in [-0.1, -0.05) is 24.3 Å². The molecule has 0 aromatic heterocycles. The van der Waals surface area contributed by atoms with E-state index in [2.05, 4.69) is 5.32 Å². The van der Waals surface area contributed by atoms with E-state index in [1.54, 1.807) is 48.5 Å². The van der Waals surface area contributed by atoms with Gasteiger partial charge in [0.25, 0.3) is 11.8 Å². The number of amides is 3. The van der Waals surface area contributed by atoms with Crippen LogP contribution >= 0.6 is 0 Å². The molecule has 150 valence electrons. The molecule has 0 spiro atoms. The van der Waals surface area contributed by atoms with Crippen molar-refractivity contribution >= 4 is 40.0 Å². The van der Waals surface area contributed by atoms with Crippen LogP contribution in [0.2, 0.25) is 0 Å². The Morgan fingerprint density at radius 3 is 2.03 bits per heavy atom. The van der Waals surface area contributed by atoms with Gasteiger partial charge in [0.1, 0.15) is 0 Å². The van der Waals surface area contributed by atoms with Crippen LogP contribution < -0.4 is 5.32 Å². The molecule has 3 amide bonds. The lowest BCUT2D eigenvalue weighted by molar-refractivity contribution is -0.116. The van der Waals surface area contributed by atoms with E-state index in [9.17, 15) is 19.2 Å². The Bertz CT molecular complexity index is 1130. The highest BCUT2D eigenvalue weighted by Crippen LogP contribution is 2.30. The smallest absolute Gasteiger partial charge is 0.261 e. The second kappa shape index (κ2) is 7.91. The van der Waals surface area contributed by atoms with Gasteiger partial charge in [-0.25, -0.2) is 0 Å². The molecule has 0 saturated carbocycles. The van der Waals surface area contributed by atoms with Gasteiger partial charge in [0.15, 0.2) is 5.78 Å². The average molecular weight is 400 g/mol. The van der Waals surface area contributed by atoms with Crippen molar-refractivity contribution in [2.24, 2.45) is 0 Å². The van der Waals surface area contributed by atoms with E-state index < -0.39 is 0 Å². The summed E-state index contributed by atoms with van der Waals surface area (Å²) < 4.78 is 0. The maximum absolute atomic E-state index is 12.8. The summed E-state index contributed by atoms with van der Waals surface area (Å²) in [7, 11) is 0. The second-order valence-electron chi connectivity index (χ2n) is 7.26. The van der Waals surface area contributed by atoms with Crippen molar-refractivity contribution in [3.8, 4) is 0 Å². The molecule has 3 aromatic rings. The number of ketones is 1. The molecular formula is C24H20N2O4. The number of hydrogen-bond acceptors (Lipinski definition) is 4. The lowest BCUT2D eigenvalue weighted by Gasteiger charge is -2.27. The molecule has 1 heterocycles. The Balaban J connectivity index is 1.39. The molecule has 0 saturated heterocycles. The third kappa shape index (κ3) is 3.59. The molecule has 0 bridgehead atoms. The summed E-state index contributed by atoms with van der Waals surface area (Å²) in [5.74, 6) is -0.917. The molecule has 1 N–H and O–H groups in total. The van der Waals surface area contributed by atoms with Crippen LogP contribution in [0, 0.1) is 0 Å². The van der Waals surface area contributed by atoms with Gasteiger partial charge in [0.2, 0.25) is 5.91 Å². The van der Waals surface area contributed by atoms with Crippen molar-refractivity contribution < 1.29 is 19.2 Å². The van der Waals surface area contributed by atoms with Crippen molar-refractivity contribution in [2.75, 3.05) is 11.9 Å². The fraction of sp³-hybridized carbons (Fsp3) is 0.167. The summed E-state index contributed by atoms with van der Waals surface area (Å²) in [5.41, 5.74) is 2.19. The lowest BCUT2D eigenvalue weighted by atomic mass is 9.94. The number of nitrogens with zero attached hydrogens (tertiary/aromatic N) is 1. The molecular weight excluding hydrogens is 380 g/mol. The molecule has 3 aromatic carbocycles. The first-order valence-electron chi connectivity index (χ1n) is 9.74. The molecule has 1 aliphatic heterocycles. The van der Waals surface area contributed by atoms with Crippen molar-refractivity contribution in [1.82, 2.24) is 4.90 Å². The van der Waals surface area contributed by atoms with Crippen molar-refractivity contribution in [3.05, 3.63) is 77.4 Å². The van der Waals surface area contributed by atoms with Crippen LogP contribution in [0.15, 0.2) is 60.7 Å². The molecule has 0 atom stereocenters. The van der Waals surface area contributed by atoms with Crippen LogP contribution in [0.3, 0.4) is 0 Å². The zero-order valence-electron chi connectivity index (χ0n) is 16.5. The summed E-state index contributed by atoms with van der Waals surface area (Å²) in [6.45, 7) is 1.65. The maximum Gasteiger partial charge on any atom is 0.261 e. The molecule has 0 radical (unpaired) electrons. The van der Waals surface area contributed by atoms with Crippen molar-refractivity contribution in [3.63, 3.8) is 0 Å². The summed E-state index contributed by atoms with van der Waals surface area (Å²) in [6.07, 6.45) is 0.518. The highest BCUT2D eigenvalue weighted by Gasteiger charge is 2.32. The van der Waals surface area contributed by atoms with Gasteiger partial charge in [-0.05, 0) is 55.1 Å². The highest BCUT2D eigenvalue weighted by molar-refractivity contribution is 6.25. The fourth-order valence-corrected chi connectivity index (χ4v) is 3.69. The van der Waals surface area contributed by atoms with E-state index in [-0.39, 0.29) is 36.5 Å². The maximum atomic E-state index is 12.8. The number of hydrogen-bond donors (Lipinski definition) is 1. The van der Waals surface area contributed by atoms with E-state index in [4.69, 9.17) is 0 Å². The van der Waals surface area contributed by atoms with Crippen molar-refractivity contribution in [2.45, 2.75) is 19.8 Å².